The first-order valence-electron chi connectivity index (χ1n) is 10.6. The summed E-state index contributed by atoms with van der Waals surface area (Å²) in [6, 6.07) is 12.2. The van der Waals surface area contributed by atoms with Gasteiger partial charge in [-0.25, -0.2) is 4.99 Å². The molecule has 4 rings (SSSR count). The minimum Gasteiger partial charge on any atom is -0.486 e. The molecule has 1 saturated heterocycles. The Bertz CT molecular complexity index is 1020. The standard InChI is InChI=1S/C23H26N4O5/c1-15(28)25-17-5-2-4-16(12-17)22(29)27-23(24-14-19-6-3-9-30-19)26-18-7-8-20-21(13-18)32-11-10-31-20/h2,4-5,7-8,12-13,19H,3,6,9-11,14H2,1H3,(H,25,28)(H2,24,26,27,29)/t19-/m0/s1. The average molecular weight is 438 g/mol. The topological polar surface area (TPSA) is 110 Å². The Balaban J connectivity index is 1.50. The van der Waals surface area contributed by atoms with Gasteiger partial charge in [-0.15, -0.1) is 0 Å². The highest BCUT2D eigenvalue weighted by atomic mass is 16.6. The molecule has 2 aliphatic heterocycles. The largest absolute Gasteiger partial charge is 0.486 e. The van der Waals surface area contributed by atoms with E-state index < -0.39 is 0 Å². The molecule has 2 aromatic carbocycles. The van der Waals surface area contributed by atoms with Gasteiger partial charge in [0.1, 0.15) is 13.2 Å². The van der Waals surface area contributed by atoms with Gasteiger partial charge < -0.3 is 24.8 Å². The van der Waals surface area contributed by atoms with Crippen LogP contribution in [0.5, 0.6) is 11.5 Å². The number of anilines is 2. The van der Waals surface area contributed by atoms with Crippen LogP contribution in [0, 0.1) is 0 Å². The van der Waals surface area contributed by atoms with E-state index in [0.717, 1.165) is 19.4 Å². The van der Waals surface area contributed by atoms with Crippen LogP contribution in [-0.4, -0.2) is 50.2 Å². The molecule has 1 fully saturated rings. The predicted molar refractivity (Wildman–Crippen MR) is 121 cm³/mol. The maximum atomic E-state index is 12.9. The second kappa shape index (κ2) is 10.1. The van der Waals surface area contributed by atoms with Gasteiger partial charge in [0.25, 0.3) is 5.91 Å². The van der Waals surface area contributed by atoms with Crippen molar-refractivity contribution in [3.05, 3.63) is 48.0 Å². The van der Waals surface area contributed by atoms with Crippen molar-refractivity contribution in [2.45, 2.75) is 25.9 Å². The van der Waals surface area contributed by atoms with Crippen LogP contribution in [0.4, 0.5) is 11.4 Å². The Kier molecular flexibility index (Phi) is 6.86. The average Bonchev–Trinajstić information content (AvgIpc) is 3.31. The minimum atomic E-state index is -0.353. The number of amides is 2. The lowest BCUT2D eigenvalue weighted by Crippen LogP contribution is -2.36. The summed E-state index contributed by atoms with van der Waals surface area (Å²) in [6.45, 7) is 3.58. The van der Waals surface area contributed by atoms with Crippen LogP contribution >= 0.6 is 0 Å². The van der Waals surface area contributed by atoms with Crippen molar-refractivity contribution in [1.29, 1.82) is 0 Å². The van der Waals surface area contributed by atoms with Gasteiger partial charge in [0.05, 0.1) is 12.6 Å². The Hall–Kier alpha value is -3.59. The number of carbonyl (C=O) groups excluding carboxylic acids is 2. The summed E-state index contributed by atoms with van der Waals surface area (Å²) in [4.78, 5) is 28.8. The predicted octanol–water partition coefficient (Wildman–Crippen LogP) is 2.79. The minimum absolute atomic E-state index is 0.0343. The Morgan fingerprint density at radius 3 is 2.59 bits per heavy atom. The summed E-state index contributed by atoms with van der Waals surface area (Å²) in [5, 5.41) is 8.66. The van der Waals surface area contributed by atoms with E-state index in [1.54, 1.807) is 30.3 Å². The van der Waals surface area contributed by atoms with Crippen LogP contribution in [0.1, 0.15) is 30.1 Å². The van der Waals surface area contributed by atoms with E-state index in [9.17, 15) is 9.59 Å². The third-order valence-electron chi connectivity index (χ3n) is 4.96. The number of benzene rings is 2. The third kappa shape index (κ3) is 5.76. The molecule has 168 valence electrons. The molecule has 0 radical (unpaired) electrons. The quantitative estimate of drug-likeness (QED) is 0.489. The number of fused-ring (bicyclic) bond motifs is 1. The van der Waals surface area contributed by atoms with Gasteiger partial charge in [-0.3, -0.25) is 14.9 Å². The highest BCUT2D eigenvalue weighted by Crippen LogP contribution is 2.32. The molecule has 1 atom stereocenters. The number of nitrogens with zero attached hydrogens (tertiary/aromatic N) is 1. The zero-order chi connectivity index (χ0) is 22.3. The monoisotopic (exact) mass is 438 g/mol. The summed E-state index contributed by atoms with van der Waals surface area (Å²) in [7, 11) is 0. The Morgan fingerprint density at radius 2 is 1.81 bits per heavy atom. The number of nitrogens with one attached hydrogen (secondary N) is 3. The molecule has 2 amide bonds. The van der Waals surface area contributed by atoms with Crippen molar-refractivity contribution in [2.24, 2.45) is 4.99 Å². The van der Waals surface area contributed by atoms with Crippen molar-refractivity contribution in [2.75, 3.05) is 37.0 Å². The first-order valence-corrected chi connectivity index (χ1v) is 10.6. The number of rotatable bonds is 5. The molecule has 9 heteroatoms. The SMILES string of the molecule is CC(=O)Nc1cccc(C(=O)NC(=NC[C@@H]2CCCO2)Nc2ccc3c(c2)OCCO3)c1. The lowest BCUT2D eigenvalue weighted by atomic mass is 10.2. The molecule has 0 unspecified atom stereocenters. The number of aliphatic imine (C=N–C) groups is 1. The summed E-state index contributed by atoms with van der Waals surface area (Å²) in [6.07, 6.45) is 1.98. The first kappa shape index (κ1) is 21.6. The molecular formula is C23H26N4O5. The van der Waals surface area contributed by atoms with Crippen molar-refractivity contribution >= 4 is 29.1 Å². The van der Waals surface area contributed by atoms with Gasteiger partial charge in [-0.2, -0.15) is 0 Å². The van der Waals surface area contributed by atoms with Crippen molar-refractivity contribution in [3.8, 4) is 11.5 Å². The smallest absolute Gasteiger partial charge is 0.258 e. The van der Waals surface area contributed by atoms with Gasteiger partial charge in [-0.05, 0) is 43.2 Å². The molecule has 9 nitrogen and oxygen atoms in total. The molecular weight excluding hydrogens is 412 g/mol. The van der Waals surface area contributed by atoms with Crippen LogP contribution in [-0.2, 0) is 9.53 Å². The summed E-state index contributed by atoms with van der Waals surface area (Å²) in [5.74, 6) is 1.05. The second-order valence-electron chi connectivity index (χ2n) is 7.52. The molecule has 0 bridgehead atoms. The van der Waals surface area contributed by atoms with Gasteiger partial charge in [0.15, 0.2) is 11.5 Å². The number of carbonyl (C=O) groups is 2. The van der Waals surface area contributed by atoms with Crippen LogP contribution in [0.2, 0.25) is 0 Å². The van der Waals surface area contributed by atoms with E-state index in [-0.39, 0.29) is 17.9 Å². The highest BCUT2D eigenvalue weighted by molar-refractivity contribution is 6.10. The lowest BCUT2D eigenvalue weighted by Gasteiger charge is -2.20. The van der Waals surface area contributed by atoms with E-state index in [1.807, 2.05) is 12.1 Å². The molecule has 2 heterocycles. The molecule has 2 aromatic rings. The Morgan fingerprint density at radius 1 is 1.00 bits per heavy atom. The number of guanidine groups is 1. The zero-order valence-electron chi connectivity index (χ0n) is 17.8. The van der Waals surface area contributed by atoms with Crippen molar-refractivity contribution in [3.63, 3.8) is 0 Å². The van der Waals surface area contributed by atoms with Crippen LogP contribution in [0.3, 0.4) is 0 Å². The van der Waals surface area contributed by atoms with Gasteiger partial charge in [0, 0.05) is 36.5 Å². The van der Waals surface area contributed by atoms with Crippen molar-refractivity contribution in [1.82, 2.24) is 5.32 Å². The number of ether oxygens (including phenoxy) is 3. The fourth-order valence-corrected chi connectivity index (χ4v) is 3.47. The second-order valence-corrected chi connectivity index (χ2v) is 7.52. The van der Waals surface area contributed by atoms with Gasteiger partial charge in [-0.1, -0.05) is 6.07 Å². The van der Waals surface area contributed by atoms with Crippen LogP contribution < -0.4 is 25.4 Å². The van der Waals surface area contributed by atoms with Crippen LogP contribution in [0.25, 0.3) is 0 Å². The fraction of sp³-hybridized carbons (Fsp3) is 0.348. The highest BCUT2D eigenvalue weighted by Gasteiger charge is 2.17. The molecule has 0 spiro atoms. The number of hydrogen-bond donors (Lipinski definition) is 3. The van der Waals surface area contributed by atoms with E-state index in [1.165, 1.54) is 6.92 Å². The molecule has 3 N–H and O–H groups in total. The third-order valence-corrected chi connectivity index (χ3v) is 4.96. The summed E-state index contributed by atoms with van der Waals surface area (Å²) >= 11 is 0. The fourth-order valence-electron chi connectivity index (χ4n) is 3.47. The maximum absolute atomic E-state index is 12.9. The molecule has 0 saturated carbocycles. The lowest BCUT2D eigenvalue weighted by molar-refractivity contribution is -0.114. The molecule has 32 heavy (non-hydrogen) atoms. The summed E-state index contributed by atoms with van der Waals surface area (Å²) in [5.41, 5.74) is 1.64. The van der Waals surface area contributed by atoms with E-state index in [2.05, 4.69) is 20.9 Å². The van der Waals surface area contributed by atoms with Gasteiger partial charge in [0.2, 0.25) is 11.9 Å². The molecule has 0 aliphatic carbocycles. The van der Waals surface area contributed by atoms with Crippen molar-refractivity contribution < 1.29 is 23.8 Å². The van der Waals surface area contributed by atoms with Crippen LogP contribution in [0.15, 0.2) is 47.5 Å². The molecule has 2 aliphatic rings. The number of hydrogen-bond acceptors (Lipinski definition) is 6. The van der Waals surface area contributed by atoms with E-state index in [4.69, 9.17) is 14.2 Å². The Labute approximate surface area is 186 Å². The maximum Gasteiger partial charge on any atom is 0.258 e. The van der Waals surface area contributed by atoms with E-state index in [0.29, 0.717) is 54.2 Å². The summed E-state index contributed by atoms with van der Waals surface area (Å²) < 4.78 is 16.8. The zero-order valence-corrected chi connectivity index (χ0v) is 17.8. The normalized spacial score (nSPS) is 17.5. The first-order chi connectivity index (χ1) is 15.6. The van der Waals surface area contributed by atoms with Gasteiger partial charge >= 0.3 is 0 Å². The molecule has 0 aromatic heterocycles. The van der Waals surface area contributed by atoms with E-state index >= 15 is 0 Å².